The van der Waals surface area contributed by atoms with Gasteiger partial charge in [0.15, 0.2) is 14.1 Å². The minimum atomic E-state index is -1.97. The molecule has 0 aromatic heterocycles. The molecule has 122 valence electrons. The molecule has 0 N–H and O–H groups in total. The molecule has 22 heavy (non-hydrogen) atoms. The summed E-state index contributed by atoms with van der Waals surface area (Å²) in [7, 11) is -1.97. The molecule has 0 saturated carbocycles. The first kappa shape index (κ1) is 19.3. The first-order valence-electron chi connectivity index (χ1n) is 7.62. The summed E-state index contributed by atoms with van der Waals surface area (Å²) in [4.78, 5) is 12.7. The van der Waals surface area contributed by atoms with Crippen LogP contribution in [0.3, 0.4) is 0 Å². The lowest BCUT2D eigenvalue weighted by molar-refractivity contribution is -0.125. The van der Waals surface area contributed by atoms with Crippen LogP contribution in [-0.4, -0.2) is 20.2 Å². The van der Waals surface area contributed by atoms with Crippen molar-refractivity contribution in [1.29, 1.82) is 0 Å². The van der Waals surface area contributed by atoms with Crippen LogP contribution in [0.2, 0.25) is 18.1 Å². The molecule has 1 aromatic rings. The van der Waals surface area contributed by atoms with E-state index in [1.165, 1.54) is 0 Å². The van der Waals surface area contributed by atoms with Crippen molar-refractivity contribution in [2.75, 3.05) is 0 Å². The molecular weight excluding hydrogens is 356 g/mol. The largest absolute Gasteiger partial charge is 0.407 e. The summed E-state index contributed by atoms with van der Waals surface area (Å²) in [6, 6.07) is 7.86. The second-order valence-electron chi connectivity index (χ2n) is 7.16. The van der Waals surface area contributed by atoms with E-state index in [0.29, 0.717) is 12.8 Å². The summed E-state index contributed by atoms with van der Waals surface area (Å²) in [5.41, 5.74) is 1.01. The normalized spacial score (nSPS) is 13.7. The highest BCUT2D eigenvalue weighted by molar-refractivity contribution is 9.10. The highest BCUT2D eigenvalue weighted by Gasteiger charge is 2.40. The molecule has 0 heterocycles. The van der Waals surface area contributed by atoms with Crippen molar-refractivity contribution in [3.63, 3.8) is 0 Å². The number of Topliss-reactive ketones (excluding diaryl/α,β-unsaturated/α-hetero) is 1. The second-order valence-corrected chi connectivity index (χ2v) is 12.8. The first-order chi connectivity index (χ1) is 10.1. The summed E-state index contributed by atoms with van der Waals surface area (Å²) < 4.78 is 7.30. The van der Waals surface area contributed by atoms with E-state index >= 15 is 0 Å². The van der Waals surface area contributed by atoms with E-state index in [1.807, 2.05) is 24.3 Å². The van der Waals surface area contributed by atoms with Crippen LogP contribution in [0.4, 0.5) is 0 Å². The Hall–Kier alpha value is -0.713. The highest BCUT2D eigenvalue weighted by Crippen LogP contribution is 2.37. The summed E-state index contributed by atoms with van der Waals surface area (Å²) in [5, 5.41) is 0.0858. The van der Waals surface area contributed by atoms with Gasteiger partial charge >= 0.3 is 0 Å². The number of hydrogen-bond acceptors (Lipinski definition) is 2. The molecule has 4 heteroatoms. The molecule has 0 aliphatic carbocycles. The van der Waals surface area contributed by atoms with Gasteiger partial charge in [0.1, 0.15) is 6.10 Å². The highest BCUT2D eigenvalue weighted by atomic mass is 79.9. The van der Waals surface area contributed by atoms with E-state index in [9.17, 15) is 4.79 Å². The Morgan fingerprint density at radius 3 is 2.55 bits per heavy atom. The zero-order chi connectivity index (χ0) is 17.0. The van der Waals surface area contributed by atoms with Crippen molar-refractivity contribution in [2.45, 2.75) is 57.8 Å². The van der Waals surface area contributed by atoms with Crippen molar-refractivity contribution >= 4 is 30.0 Å². The zero-order valence-electron chi connectivity index (χ0n) is 14.3. The first-order valence-corrected chi connectivity index (χ1v) is 11.3. The maximum absolute atomic E-state index is 12.7. The fraction of sp³-hybridized carbons (Fsp3) is 0.500. The van der Waals surface area contributed by atoms with Crippen molar-refractivity contribution in [1.82, 2.24) is 0 Å². The fourth-order valence-electron chi connectivity index (χ4n) is 1.89. The van der Waals surface area contributed by atoms with Gasteiger partial charge in [-0.1, -0.05) is 54.9 Å². The van der Waals surface area contributed by atoms with Gasteiger partial charge < -0.3 is 4.43 Å². The number of halogens is 1. The van der Waals surface area contributed by atoms with Crippen LogP contribution in [0, 0.1) is 0 Å². The Bertz CT molecular complexity index is 532. The van der Waals surface area contributed by atoms with E-state index in [2.05, 4.69) is 56.4 Å². The van der Waals surface area contributed by atoms with Crippen LogP contribution in [0.5, 0.6) is 0 Å². The molecule has 2 nitrogen and oxygen atoms in total. The monoisotopic (exact) mass is 382 g/mol. The van der Waals surface area contributed by atoms with Crippen molar-refractivity contribution in [3.8, 4) is 0 Å². The third-order valence-electron chi connectivity index (χ3n) is 4.25. The Balaban J connectivity index is 2.86. The molecule has 0 radical (unpaired) electrons. The number of hydrogen-bond donors (Lipinski definition) is 0. The minimum absolute atomic E-state index is 0.0858. The Kier molecular flexibility index (Phi) is 6.78. The van der Waals surface area contributed by atoms with Crippen molar-refractivity contribution < 1.29 is 9.22 Å². The van der Waals surface area contributed by atoms with Gasteiger partial charge in [-0.2, -0.15) is 0 Å². The SMILES string of the molecule is C=CCC(O[Si](C)(C)C(C)(C)C)C(=O)Cc1cccc(Br)c1. The third-order valence-corrected chi connectivity index (χ3v) is 9.23. The predicted octanol–water partition coefficient (Wildman–Crippen LogP) is 5.53. The number of benzene rings is 1. The van der Waals surface area contributed by atoms with Crippen molar-refractivity contribution in [3.05, 3.63) is 47.0 Å². The Labute approximate surface area is 144 Å². The molecule has 0 aliphatic rings. The summed E-state index contributed by atoms with van der Waals surface area (Å²) >= 11 is 3.44. The molecule has 0 saturated heterocycles. The molecule has 0 aliphatic heterocycles. The molecular formula is C18H27BrO2Si. The van der Waals surface area contributed by atoms with E-state index in [0.717, 1.165) is 10.0 Å². The molecule has 0 fully saturated rings. The average molecular weight is 383 g/mol. The van der Waals surface area contributed by atoms with Crippen molar-refractivity contribution in [2.24, 2.45) is 0 Å². The minimum Gasteiger partial charge on any atom is -0.407 e. The number of ketones is 1. The van der Waals surface area contributed by atoms with Gasteiger partial charge in [0.05, 0.1) is 0 Å². The average Bonchev–Trinajstić information content (AvgIpc) is 2.36. The van der Waals surface area contributed by atoms with E-state index in [4.69, 9.17) is 4.43 Å². The van der Waals surface area contributed by atoms with Gasteiger partial charge in [-0.05, 0) is 42.2 Å². The van der Waals surface area contributed by atoms with Crippen LogP contribution < -0.4 is 0 Å². The lowest BCUT2D eigenvalue weighted by Gasteiger charge is -2.38. The Morgan fingerprint density at radius 1 is 1.41 bits per heavy atom. The summed E-state index contributed by atoms with van der Waals surface area (Å²) in [5.74, 6) is 0.128. The third kappa shape index (κ3) is 5.49. The fourth-order valence-corrected chi connectivity index (χ4v) is 3.63. The van der Waals surface area contributed by atoms with E-state index in [-0.39, 0.29) is 10.8 Å². The van der Waals surface area contributed by atoms with Crippen LogP contribution in [-0.2, 0) is 15.6 Å². The van der Waals surface area contributed by atoms with Gasteiger partial charge in [0, 0.05) is 10.9 Å². The maximum atomic E-state index is 12.7. The summed E-state index contributed by atoms with van der Waals surface area (Å²) in [6.07, 6.45) is 2.35. The summed E-state index contributed by atoms with van der Waals surface area (Å²) in [6.45, 7) is 14.7. The lowest BCUT2D eigenvalue weighted by atomic mass is 10.0. The molecule has 0 bridgehead atoms. The van der Waals surface area contributed by atoms with Gasteiger partial charge in [0.2, 0.25) is 0 Å². The molecule has 1 aromatic carbocycles. The van der Waals surface area contributed by atoms with Gasteiger partial charge in [0.25, 0.3) is 0 Å². The smallest absolute Gasteiger partial charge is 0.193 e. The number of rotatable bonds is 7. The lowest BCUT2D eigenvalue weighted by Crippen LogP contribution is -2.46. The number of carbonyl (C=O) groups is 1. The van der Waals surface area contributed by atoms with Crippen LogP contribution in [0.25, 0.3) is 0 Å². The van der Waals surface area contributed by atoms with Crippen LogP contribution in [0.1, 0.15) is 32.8 Å². The molecule has 0 amide bonds. The van der Waals surface area contributed by atoms with Gasteiger partial charge in [-0.25, -0.2) is 0 Å². The van der Waals surface area contributed by atoms with Gasteiger partial charge in [-0.15, -0.1) is 6.58 Å². The van der Waals surface area contributed by atoms with E-state index < -0.39 is 14.4 Å². The quantitative estimate of drug-likeness (QED) is 0.457. The standard InChI is InChI=1S/C18H27BrO2Si/c1-7-9-17(21-22(5,6)18(2,3)4)16(20)13-14-10-8-11-15(19)12-14/h7-8,10-12,17H,1,9,13H2,2-6H3. The topological polar surface area (TPSA) is 26.3 Å². The second kappa shape index (κ2) is 7.71. The number of carbonyl (C=O) groups excluding carboxylic acids is 1. The molecule has 1 rings (SSSR count). The Morgan fingerprint density at radius 2 is 2.05 bits per heavy atom. The molecule has 1 unspecified atom stereocenters. The molecule has 1 atom stereocenters. The van der Waals surface area contributed by atoms with Crippen LogP contribution in [0.15, 0.2) is 41.4 Å². The van der Waals surface area contributed by atoms with Crippen LogP contribution >= 0.6 is 15.9 Å². The van der Waals surface area contributed by atoms with Gasteiger partial charge in [-0.3, -0.25) is 4.79 Å². The van der Waals surface area contributed by atoms with E-state index in [1.54, 1.807) is 6.08 Å². The maximum Gasteiger partial charge on any atom is 0.193 e. The molecule has 0 spiro atoms. The zero-order valence-corrected chi connectivity index (χ0v) is 16.9. The predicted molar refractivity (Wildman–Crippen MR) is 99.7 cm³/mol.